The standard InChI is InChI=1S/C21H21ClFN5.2ClH/c22-21(7-5-14(6-8-21)18-3-2-17(23)11-25-18)16-1-4-19-15(9-16)10-24-12-20-27-26-13-28(19)20;;/h1-4,9,11,13-14,24H,5-8,10,12H2;2*1H. The minimum Gasteiger partial charge on any atom is -0.306 e. The number of pyridine rings is 1. The van der Waals surface area contributed by atoms with Crippen molar-refractivity contribution in [2.24, 2.45) is 0 Å². The summed E-state index contributed by atoms with van der Waals surface area (Å²) in [5, 5.41) is 11.6. The molecule has 3 heterocycles. The molecule has 1 aromatic carbocycles. The van der Waals surface area contributed by atoms with E-state index in [1.165, 1.54) is 17.8 Å². The number of halogens is 4. The Labute approximate surface area is 192 Å². The summed E-state index contributed by atoms with van der Waals surface area (Å²) in [6, 6.07) is 9.77. The lowest BCUT2D eigenvalue weighted by molar-refractivity contribution is 0.354. The zero-order valence-corrected chi connectivity index (χ0v) is 18.6. The Kier molecular flexibility index (Phi) is 7.02. The lowest BCUT2D eigenvalue weighted by atomic mass is 9.76. The van der Waals surface area contributed by atoms with Crippen LogP contribution in [-0.4, -0.2) is 19.7 Å². The molecule has 1 fully saturated rings. The molecule has 5 rings (SSSR count). The van der Waals surface area contributed by atoms with Gasteiger partial charge in [-0.1, -0.05) is 12.1 Å². The first-order chi connectivity index (χ1) is 13.6. The van der Waals surface area contributed by atoms with Crippen LogP contribution in [0.4, 0.5) is 4.39 Å². The van der Waals surface area contributed by atoms with E-state index in [0.29, 0.717) is 12.5 Å². The summed E-state index contributed by atoms with van der Waals surface area (Å²) in [4.78, 5) is 3.90. The first kappa shape index (κ1) is 22.9. The van der Waals surface area contributed by atoms with Crippen LogP contribution in [0.3, 0.4) is 0 Å². The van der Waals surface area contributed by atoms with Gasteiger partial charge in [0.15, 0.2) is 5.82 Å². The van der Waals surface area contributed by atoms with Gasteiger partial charge >= 0.3 is 0 Å². The number of aromatic nitrogens is 4. The normalized spacial score (nSPS) is 22.7. The maximum absolute atomic E-state index is 13.1. The van der Waals surface area contributed by atoms with Crippen LogP contribution in [0.15, 0.2) is 42.9 Å². The molecule has 1 saturated carbocycles. The van der Waals surface area contributed by atoms with Crippen molar-refractivity contribution in [3.8, 4) is 5.69 Å². The minimum absolute atomic E-state index is 0. The third-order valence-corrected chi connectivity index (χ3v) is 6.62. The molecule has 5 nitrogen and oxygen atoms in total. The van der Waals surface area contributed by atoms with E-state index in [1.54, 1.807) is 12.4 Å². The van der Waals surface area contributed by atoms with Gasteiger partial charge < -0.3 is 5.32 Å². The summed E-state index contributed by atoms with van der Waals surface area (Å²) in [6.07, 6.45) is 6.72. The van der Waals surface area contributed by atoms with Gasteiger partial charge in [-0.25, -0.2) is 4.39 Å². The van der Waals surface area contributed by atoms with Crippen molar-refractivity contribution in [3.63, 3.8) is 0 Å². The largest absolute Gasteiger partial charge is 0.306 e. The van der Waals surface area contributed by atoms with E-state index in [1.807, 2.05) is 4.57 Å². The molecule has 1 aliphatic carbocycles. The van der Waals surface area contributed by atoms with E-state index < -0.39 is 0 Å². The minimum atomic E-state index is -0.367. The lowest BCUT2D eigenvalue weighted by Crippen LogP contribution is -2.26. The number of fused-ring (bicyclic) bond motifs is 3. The van der Waals surface area contributed by atoms with Crippen molar-refractivity contribution in [3.05, 3.63) is 71.3 Å². The molecule has 1 N–H and O–H groups in total. The van der Waals surface area contributed by atoms with Gasteiger partial charge in [0.1, 0.15) is 12.1 Å². The Hall–Kier alpha value is -1.73. The molecule has 0 bridgehead atoms. The number of alkyl halides is 1. The number of hydrogen-bond acceptors (Lipinski definition) is 4. The molecule has 0 saturated heterocycles. The highest BCUT2D eigenvalue weighted by Crippen LogP contribution is 2.47. The number of rotatable bonds is 2. The second kappa shape index (κ2) is 9.18. The highest BCUT2D eigenvalue weighted by Gasteiger charge is 2.36. The van der Waals surface area contributed by atoms with Crippen LogP contribution >= 0.6 is 36.4 Å². The SMILES string of the molecule is Cl.Cl.Fc1ccc(C2CCC(Cl)(c3ccc4c(c3)CNCc3nncn3-4)CC2)nc1. The van der Waals surface area contributed by atoms with Crippen LogP contribution in [0, 0.1) is 5.82 Å². The van der Waals surface area contributed by atoms with Crippen molar-refractivity contribution in [1.29, 1.82) is 0 Å². The number of nitrogens with zero attached hydrogens (tertiary/aromatic N) is 4. The van der Waals surface area contributed by atoms with E-state index in [2.05, 4.69) is 38.7 Å². The topological polar surface area (TPSA) is 55.6 Å². The van der Waals surface area contributed by atoms with Crippen molar-refractivity contribution in [2.45, 2.75) is 49.6 Å². The monoisotopic (exact) mass is 469 g/mol. The zero-order valence-electron chi connectivity index (χ0n) is 16.2. The van der Waals surface area contributed by atoms with Crippen LogP contribution < -0.4 is 5.32 Å². The fourth-order valence-electron chi connectivity index (χ4n) is 4.42. The van der Waals surface area contributed by atoms with Crippen molar-refractivity contribution >= 4 is 36.4 Å². The van der Waals surface area contributed by atoms with Gasteiger partial charge in [-0.15, -0.1) is 46.6 Å². The molecular weight excluding hydrogens is 448 g/mol. The summed E-state index contributed by atoms with van der Waals surface area (Å²) in [7, 11) is 0. The number of hydrogen-bond donors (Lipinski definition) is 1. The van der Waals surface area contributed by atoms with Crippen LogP contribution in [0.2, 0.25) is 0 Å². The molecule has 3 aromatic rings. The molecule has 0 spiro atoms. The first-order valence-electron chi connectivity index (χ1n) is 9.66. The Morgan fingerprint density at radius 2 is 1.90 bits per heavy atom. The maximum atomic E-state index is 13.1. The van der Waals surface area contributed by atoms with Gasteiger partial charge in [0, 0.05) is 18.2 Å². The highest BCUT2D eigenvalue weighted by molar-refractivity contribution is 6.24. The molecular formula is C21H23Cl3FN5. The number of nitrogens with one attached hydrogen (secondary N) is 1. The summed E-state index contributed by atoms with van der Waals surface area (Å²) >= 11 is 7.11. The summed E-state index contributed by atoms with van der Waals surface area (Å²) in [5.74, 6) is 0.968. The van der Waals surface area contributed by atoms with Crippen molar-refractivity contribution < 1.29 is 4.39 Å². The second-order valence-corrected chi connectivity index (χ2v) is 8.43. The van der Waals surface area contributed by atoms with Crippen LogP contribution in [-0.2, 0) is 18.0 Å². The second-order valence-electron chi connectivity index (χ2n) is 7.71. The molecule has 0 unspecified atom stereocenters. The summed E-state index contributed by atoms with van der Waals surface area (Å²) in [5.41, 5.74) is 4.44. The first-order valence-corrected chi connectivity index (χ1v) is 10.0. The van der Waals surface area contributed by atoms with Gasteiger partial charge in [-0.2, -0.15) is 0 Å². The summed E-state index contributed by atoms with van der Waals surface area (Å²) in [6.45, 7) is 1.48. The molecule has 9 heteroatoms. The van der Waals surface area contributed by atoms with E-state index in [-0.39, 0.29) is 35.5 Å². The Morgan fingerprint density at radius 1 is 1.10 bits per heavy atom. The molecule has 0 radical (unpaired) electrons. The van der Waals surface area contributed by atoms with E-state index in [9.17, 15) is 4.39 Å². The van der Waals surface area contributed by atoms with Gasteiger partial charge in [0.25, 0.3) is 0 Å². The Bertz CT molecular complexity index is 1000. The van der Waals surface area contributed by atoms with E-state index in [4.69, 9.17) is 11.6 Å². The van der Waals surface area contributed by atoms with Gasteiger partial charge in [-0.3, -0.25) is 9.55 Å². The third kappa shape index (κ3) is 4.19. The average molecular weight is 471 g/mol. The molecule has 160 valence electrons. The molecule has 2 aliphatic rings. The van der Waals surface area contributed by atoms with Crippen LogP contribution in [0.25, 0.3) is 5.69 Å². The van der Waals surface area contributed by atoms with Gasteiger partial charge in [0.05, 0.1) is 23.3 Å². The number of benzene rings is 1. The fourth-order valence-corrected chi connectivity index (χ4v) is 4.75. The lowest BCUT2D eigenvalue weighted by Gasteiger charge is -2.36. The molecule has 30 heavy (non-hydrogen) atoms. The maximum Gasteiger partial charge on any atom is 0.151 e. The van der Waals surface area contributed by atoms with Crippen molar-refractivity contribution in [1.82, 2.24) is 25.1 Å². The van der Waals surface area contributed by atoms with Gasteiger partial charge in [0.2, 0.25) is 0 Å². The van der Waals surface area contributed by atoms with Crippen LogP contribution in [0.1, 0.15) is 54.2 Å². The molecule has 2 aromatic heterocycles. The van der Waals surface area contributed by atoms with E-state index >= 15 is 0 Å². The molecule has 0 atom stereocenters. The Balaban J connectivity index is 0.00000128. The predicted molar refractivity (Wildman–Crippen MR) is 119 cm³/mol. The molecule has 1 aliphatic heterocycles. The predicted octanol–water partition coefficient (Wildman–Crippen LogP) is 5.04. The van der Waals surface area contributed by atoms with Crippen LogP contribution in [0.5, 0.6) is 0 Å². The fraction of sp³-hybridized carbons (Fsp3) is 0.381. The summed E-state index contributed by atoms with van der Waals surface area (Å²) < 4.78 is 15.2. The zero-order chi connectivity index (χ0) is 19.1. The highest BCUT2D eigenvalue weighted by atomic mass is 35.5. The van der Waals surface area contributed by atoms with E-state index in [0.717, 1.165) is 55.0 Å². The smallest absolute Gasteiger partial charge is 0.151 e. The van der Waals surface area contributed by atoms with Crippen molar-refractivity contribution in [2.75, 3.05) is 0 Å². The Morgan fingerprint density at radius 3 is 2.63 bits per heavy atom. The van der Waals surface area contributed by atoms with Gasteiger partial charge in [-0.05, 0) is 55.0 Å². The third-order valence-electron chi connectivity index (χ3n) is 6.02. The quantitative estimate of drug-likeness (QED) is 0.533. The average Bonchev–Trinajstić information content (AvgIpc) is 3.11. The molecule has 0 amide bonds.